The Bertz CT molecular complexity index is 939. The Morgan fingerprint density at radius 3 is 2.81 bits per heavy atom. The highest BCUT2D eigenvalue weighted by Crippen LogP contribution is 2.13. The van der Waals surface area contributed by atoms with Crippen LogP contribution in [-0.4, -0.2) is 22.6 Å². The molecular formula is C20H18N4O2. The van der Waals surface area contributed by atoms with Crippen molar-refractivity contribution in [3.8, 4) is 11.8 Å². The van der Waals surface area contributed by atoms with E-state index in [0.29, 0.717) is 30.0 Å². The van der Waals surface area contributed by atoms with Crippen molar-refractivity contribution in [1.82, 2.24) is 14.9 Å². The van der Waals surface area contributed by atoms with Crippen LogP contribution in [0.25, 0.3) is 0 Å². The number of ether oxygens (including phenoxy) is 1. The topological polar surface area (TPSA) is 79.9 Å². The van der Waals surface area contributed by atoms with Gasteiger partial charge in [0.15, 0.2) is 0 Å². The SMILES string of the molecule is COc1cccc(C(=O)NCc2cncn2Cc2ccc(C#N)cc2)c1. The zero-order valence-electron chi connectivity index (χ0n) is 14.3. The third-order valence-electron chi connectivity index (χ3n) is 4.00. The van der Waals surface area contributed by atoms with E-state index in [1.165, 1.54) is 0 Å². The molecule has 0 fully saturated rings. The number of nitrogens with one attached hydrogen (secondary N) is 1. The smallest absolute Gasteiger partial charge is 0.251 e. The summed E-state index contributed by atoms with van der Waals surface area (Å²) in [7, 11) is 1.57. The second-order valence-electron chi connectivity index (χ2n) is 5.74. The number of imidazole rings is 1. The third kappa shape index (κ3) is 4.08. The van der Waals surface area contributed by atoms with Crippen molar-refractivity contribution in [1.29, 1.82) is 5.26 Å². The Labute approximate surface area is 151 Å². The molecule has 0 spiro atoms. The van der Waals surface area contributed by atoms with Crippen molar-refractivity contribution < 1.29 is 9.53 Å². The van der Waals surface area contributed by atoms with E-state index in [4.69, 9.17) is 10.00 Å². The minimum absolute atomic E-state index is 0.171. The summed E-state index contributed by atoms with van der Waals surface area (Å²) < 4.78 is 7.11. The van der Waals surface area contributed by atoms with Crippen LogP contribution in [0.1, 0.15) is 27.2 Å². The highest BCUT2D eigenvalue weighted by Gasteiger charge is 2.09. The minimum atomic E-state index is -0.171. The molecule has 1 amide bonds. The number of methoxy groups -OCH3 is 1. The normalized spacial score (nSPS) is 10.2. The number of benzene rings is 2. The van der Waals surface area contributed by atoms with Gasteiger partial charge in [-0.15, -0.1) is 0 Å². The van der Waals surface area contributed by atoms with Gasteiger partial charge in [0.1, 0.15) is 5.75 Å². The summed E-state index contributed by atoms with van der Waals surface area (Å²) in [6.07, 6.45) is 3.46. The van der Waals surface area contributed by atoms with Gasteiger partial charge in [-0.1, -0.05) is 18.2 Å². The highest BCUT2D eigenvalue weighted by molar-refractivity contribution is 5.94. The lowest BCUT2D eigenvalue weighted by Gasteiger charge is -2.10. The van der Waals surface area contributed by atoms with E-state index in [9.17, 15) is 4.79 Å². The van der Waals surface area contributed by atoms with Crippen LogP contribution in [0.3, 0.4) is 0 Å². The maximum absolute atomic E-state index is 12.3. The molecule has 130 valence electrons. The predicted octanol–water partition coefficient (Wildman–Crippen LogP) is 2.74. The van der Waals surface area contributed by atoms with Crippen LogP contribution in [0, 0.1) is 11.3 Å². The second kappa shape index (κ2) is 7.99. The first-order chi connectivity index (χ1) is 12.7. The molecule has 2 aromatic carbocycles. The van der Waals surface area contributed by atoms with Crippen molar-refractivity contribution in [2.75, 3.05) is 7.11 Å². The monoisotopic (exact) mass is 346 g/mol. The van der Waals surface area contributed by atoms with Crippen molar-refractivity contribution >= 4 is 5.91 Å². The highest BCUT2D eigenvalue weighted by atomic mass is 16.5. The van der Waals surface area contributed by atoms with E-state index in [0.717, 1.165) is 11.3 Å². The number of nitrogens with zero attached hydrogens (tertiary/aromatic N) is 3. The van der Waals surface area contributed by atoms with Crippen molar-refractivity contribution in [3.05, 3.63) is 83.4 Å². The average molecular weight is 346 g/mol. The second-order valence-corrected chi connectivity index (χ2v) is 5.74. The van der Waals surface area contributed by atoms with Gasteiger partial charge in [-0.25, -0.2) is 4.98 Å². The molecule has 1 N–H and O–H groups in total. The van der Waals surface area contributed by atoms with E-state index in [1.54, 1.807) is 56.0 Å². The molecule has 0 aliphatic carbocycles. The first kappa shape index (κ1) is 17.2. The number of rotatable bonds is 6. The summed E-state index contributed by atoms with van der Waals surface area (Å²) >= 11 is 0. The lowest BCUT2D eigenvalue weighted by Crippen LogP contribution is -2.24. The molecule has 0 aliphatic rings. The van der Waals surface area contributed by atoms with Crippen LogP contribution in [0.2, 0.25) is 0 Å². The molecule has 0 aliphatic heterocycles. The van der Waals surface area contributed by atoms with Gasteiger partial charge in [0.25, 0.3) is 5.91 Å². The molecule has 0 saturated heterocycles. The molecule has 26 heavy (non-hydrogen) atoms. The van der Waals surface area contributed by atoms with E-state index in [1.807, 2.05) is 16.7 Å². The molecule has 3 aromatic rings. The number of carbonyl (C=O) groups is 1. The fraction of sp³-hybridized carbons (Fsp3) is 0.150. The summed E-state index contributed by atoms with van der Waals surface area (Å²) in [5, 5.41) is 11.8. The van der Waals surface area contributed by atoms with Crippen LogP contribution in [-0.2, 0) is 13.1 Å². The van der Waals surface area contributed by atoms with E-state index in [-0.39, 0.29) is 5.91 Å². The number of aromatic nitrogens is 2. The summed E-state index contributed by atoms with van der Waals surface area (Å²) in [6, 6.07) is 16.5. The lowest BCUT2D eigenvalue weighted by molar-refractivity contribution is 0.0949. The molecule has 6 heteroatoms. The number of hydrogen-bond acceptors (Lipinski definition) is 4. The summed E-state index contributed by atoms with van der Waals surface area (Å²) in [4.78, 5) is 16.5. The van der Waals surface area contributed by atoms with Crippen LogP contribution in [0.5, 0.6) is 5.75 Å². The summed E-state index contributed by atoms with van der Waals surface area (Å²) in [6.45, 7) is 0.988. The third-order valence-corrected chi connectivity index (χ3v) is 4.00. The van der Waals surface area contributed by atoms with Gasteiger partial charge < -0.3 is 14.6 Å². The fourth-order valence-electron chi connectivity index (χ4n) is 2.56. The molecule has 1 heterocycles. The summed E-state index contributed by atoms with van der Waals surface area (Å²) in [5.41, 5.74) is 3.13. The standard InChI is InChI=1S/C20H18N4O2/c1-26-19-4-2-3-17(9-19)20(25)23-12-18-11-22-14-24(18)13-16-7-5-15(10-21)6-8-16/h2-9,11,14H,12-13H2,1H3,(H,23,25). The van der Waals surface area contributed by atoms with Gasteiger partial charge in [-0.3, -0.25) is 4.79 Å². The Balaban J connectivity index is 1.65. The predicted molar refractivity (Wildman–Crippen MR) is 96.7 cm³/mol. The van der Waals surface area contributed by atoms with Crippen LogP contribution in [0.4, 0.5) is 0 Å². The molecule has 0 radical (unpaired) electrons. The van der Waals surface area contributed by atoms with Gasteiger partial charge in [0, 0.05) is 18.3 Å². The quantitative estimate of drug-likeness (QED) is 0.744. The maximum atomic E-state index is 12.3. The first-order valence-electron chi connectivity index (χ1n) is 8.10. The van der Waals surface area contributed by atoms with Gasteiger partial charge in [-0.05, 0) is 35.9 Å². The first-order valence-corrected chi connectivity index (χ1v) is 8.10. The lowest BCUT2D eigenvalue weighted by atomic mass is 10.1. The van der Waals surface area contributed by atoms with Crippen LogP contribution >= 0.6 is 0 Å². The van der Waals surface area contributed by atoms with E-state index in [2.05, 4.69) is 16.4 Å². The van der Waals surface area contributed by atoms with Crippen LogP contribution in [0.15, 0.2) is 61.1 Å². The van der Waals surface area contributed by atoms with Gasteiger partial charge in [0.05, 0.1) is 37.3 Å². The zero-order valence-corrected chi connectivity index (χ0v) is 14.3. The molecular weight excluding hydrogens is 328 g/mol. The number of amides is 1. The average Bonchev–Trinajstić information content (AvgIpc) is 3.13. The zero-order chi connectivity index (χ0) is 18.4. The molecule has 0 saturated carbocycles. The Hall–Kier alpha value is -3.59. The van der Waals surface area contributed by atoms with Gasteiger partial charge in [-0.2, -0.15) is 5.26 Å². The van der Waals surface area contributed by atoms with E-state index < -0.39 is 0 Å². The van der Waals surface area contributed by atoms with Crippen molar-refractivity contribution in [3.63, 3.8) is 0 Å². The number of hydrogen-bond donors (Lipinski definition) is 1. The number of nitriles is 1. The molecule has 6 nitrogen and oxygen atoms in total. The molecule has 0 unspecified atom stereocenters. The minimum Gasteiger partial charge on any atom is -0.497 e. The maximum Gasteiger partial charge on any atom is 0.251 e. The molecule has 0 atom stereocenters. The Morgan fingerprint density at radius 2 is 2.08 bits per heavy atom. The van der Waals surface area contributed by atoms with Crippen molar-refractivity contribution in [2.45, 2.75) is 13.1 Å². The molecule has 3 rings (SSSR count). The Kier molecular flexibility index (Phi) is 5.30. The van der Waals surface area contributed by atoms with Gasteiger partial charge in [0.2, 0.25) is 0 Å². The molecule has 0 bridgehead atoms. The fourth-order valence-corrected chi connectivity index (χ4v) is 2.56. The van der Waals surface area contributed by atoms with Gasteiger partial charge >= 0.3 is 0 Å². The summed E-state index contributed by atoms with van der Waals surface area (Å²) in [5.74, 6) is 0.471. The Morgan fingerprint density at radius 1 is 1.27 bits per heavy atom. The van der Waals surface area contributed by atoms with E-state index >= 15 is 0 Å². The van der Waals surface area contributed by atoms with Crippen molar-refractivity contribution in [2.24, 2.45) is 0 Å². The largest absolute Gasteiger partial charge is 0.497 e. The number of carbonyl (C=O) groups excluding carboxylic acids is 1. The van der Waals surface area contributed by atoms with Crippen LogP contribution < -0.4 is 10.1 Å². The molecule has 1 aromatic heterocycles.